The van der Waals surface area contributed by atoms with Gasteiger partial charge in [0.05, 0.1) is 16.7 Å². The highest BCUT2D eigenvalue weighted by Crippen LogP contribution is 2.29. The standard InChI is InChI=1S/C27H22O9/c28-24(29)23-22(36-27(32)19-14-8-3-9-15-19)21(35-26(31)18-12-6-2-7-13-18)20(34-23)16-33-25(30)17-10-4-1-5-11-17/h1-15,20-23H,16H2,(H,28,29)/t20?,21-,22-,23?/m1/s1. The van der Waals surface area contributed by atoms with E-state index in [0.717, 1.165) is 0 Å². The Morgan fingerprint density at radius 3 is 1.50 bits per heavy atom. The van der Waals surface area contributed by atoms with Gasteiger partial charge in [0.15, 0.2) is 18.3 Å². The summed E-state index contributed by atoms with van der Waals surface area (Å²) in [6.45, 7) is -0.441. The first-order valence-electron chi connectivity index (χ1n) is 11.1. The van der Waals surface area contributed by atoms with Gasteiger partial charge in [-0.3, -0.25) is 0 Å². The lowest BCUT2D eigenvalue weighted by molar-refractivity contribution is -0.154. The number of hydrogen-bond donors (Lipinski definition) is 1. The molecule has 0 saturated carbocycles. The maximum atomic E-state index is 12.8. The molecule has 0 spiro atoms. The summed E-state index contributed by atoms with van der Waals surface area (Å²) >= 11 is 0. The van der Waals surface area contributed by atoms with E-state index in [1.54, 1.807) is 66.7 Å². The number of benzene rings is 3. The van der Waals surface area contributed by atoms with Gasteiger partial charge in [-0.1, -0.05) is 54.6 Å². The van der Waals surface area contributed by atoms with Gasteiger partial charge in [0.25, 0.3) is 0 Å². The van der Waals surface area contributed by atoms with Crippen LogP contribution in [-0.2, 0) is 23.7 Å². The maximum absolute atomic E-state index is 12.8. The molecule has 184 valence electrons. The van der Waals surface area contributed by atoms with Gasteiger partial charge in [-0.2, -0.15) is 0 Å². The summed E-state index contributed by atoms with van der Waals surface area (Å²) in [7, 11) is 0. The smallest absolute Gasteiger partial charge is 0.338 e. The van der Waals surface area contributed by atoms with Crippen LogP contribution in [0.3, 0.4) is 0 Å². The fraction of sp³-hybridized carbons (Fsp3) is 0.185. The highest BCUT2D eigenvalue weighted by Gasteiger charge is 2.53. The van der Waals surface area contributed by atoms with Crippen LogP contribution in [0.2, 0.25) is 0 Å². The third kappa shape index (κ3) is 5.76. The van der Waals surface area contributed by atoms with Gasteiger partial charge in [0.2, 0.25) is 0 Å². The van der Waals surface area contributed by atoms with Gasteiger partial charge in [0.1, 0.15) is 12.7 Å². The molecule has 9 nitrogen and oxygen atoms in total. The van der Waals surface area contributed by atoms with Crippen molar-refractivity contribution in [2.24, 2.45) is 0 Å². The van der Waals surface area contributed by atoms with E-state index in [1.165, 1.54) is 24.3 Å². The predicted octanol–water partition coefficient (Wildman–Crippen LogP) is 3.15. The first-order chi connectivity index (χ1) is 17.4. The normalized spacial score (nSPS) is 20.8. The topological polar surface area (TPSA) is 125 Å². The molecule has 4 rings (SSSR count). The molecule has 3 aromatic carbocycles. The second-order valence-electron chi connectivity index (χ2n) is 7.87. The van der Waals surface area contributed by atoms with Gasteiger partial charge >= 0.3 is 23.9 Å². The van der Waals surface area contributed by atoms with Gasteiger partial charge in [0, 0.05) is 0 Å². The number of hydrogen-bond acceptors (Lipinski definition) is 8. The Hall–Kier alpha value is -4.50. The molecule has 1 saturated heterocycles. The molecule has 1 N–H and O–H groups in total. The van der Waals surface area contributed by atoms with Crippen LogP contribution in [0, 0.1) is 0 Å². The Morgan fingerprint density at radius 1 is 0.639 bits per heavy atom. The van der Waals surface area contributed by atoms with Crippen molar-refractivity contribution in [2.45, 2.75) is 24.4 Å². The first kappa shape index (κ1) is 24.6. The van der Waals surface area contributed by atoms with Crippen molar-refractivity contribution in [3.05, 3.63) is 108 Å². The van der Waals surface area contributed by atoms with E-state index in [9.17, 15) is 24.3 Å². The minimum absolute atomic E-state index is 0.175. The highest BCUT2D eigenvalue weighted by atomic mass is 16.7. The summed E-state index contributed by atoms with van der Waals surface area (Å²) < 4.78 is 21.9. The number of esters is 3. The van der Waals surface area contributed by atoms with Gasteiger partial charge in [-0.15, -0.1) is 0 Å². The van der Waals surface area contributed by atoms with Crippen LogP contribution in [0.5, 0.6) is 0 Å². The number of carboxylic acids is 1. The maximum Gasteiger partial charge on any atom is 0.338 e. The predicted molar refractivity (Wildman–Crippen MR) is 124 cm³/mol. The molecular formula is C27H22O9. The van der Waals surface area contributed by atoms with E-state index in [2.05, 4.69) is 0 Å². The lowest BCUT2D eigenvalue weighted by Gasteiger charge is -2.23. The SMILES string of the molecule is O=C(OCC1OC(C(=O)O)[C@H](OC(=O)c2ccccc2)[C@@H]1OC(=O)c1ccccc1)c1ccccc1. The molecule has 0 bridgehead atoms. The van der Waals surface area contributed by atoms with Crippen LogP contribution in [0.1, 0.15) is 31.1 Å². The Labute approximate surface area is 206 Å². The quantitative estimate of drug-likeness (QED) is 0.374. The van der Waals surface area contributed by atoms with Crippen LogP contribution < -0.4 is 0 Å². The fourth-order valence-electron chi connectivity index (χ4n) is 3.68. The molecule has 4 atom stereocenters. The lowest BCUT2D eigenvalue weighted by atomic mass is 10.1. The summed E-state index contributed by atoms with van der Waals surface area (Å²) in [5, 5.41) is 9.74. The summed E-state index contributed by atoms with van der Waals surface area (Å²) in [4.78, 5) is 49.9. The zero-order valence-electron chi connectivity index (χ0n) is 18.9. The number of ether oxygens (including phenoxy) is 4. The zero-order chi connectivity index (χ0) is 25.5. The van der Waals surface area contributed by atoms with Gasteiger partial charge in [-0.05, 0) is 36.4 Å². The molecule has 1 heterocycles. The Bertz CT molecular complexity index is 1210. The van der Waals surface area contributed by atoms with Crippen LogP contribution in [-0.4, -0.2) is 60.0 Å². The zero-order valence-corrected chi connectivity index (χ0v) is 18.9. The summed E-state index contributed by atoms with van der Waals surface area (Å²) in [5.74, 6) is -3.71. The van der Waals surface area contributed by atoms with Crippen LogP contribution in [0.25, 0.3) is 0 Å². The molecule has 0 aromatic heterocycles. The molecule has 36 heavy (non-hydrogen) atoms. The van der Waals surface area contributed by atoms with Crippen molar-refractivity contribution < 1.29 is 43.2 Å². The average molecular weight is 490 g/mol. The summed E-state index contributed by atoms with van der Waals surface area (Å²) in [6.07, 6.45) is -5.73. The molecule has 0 amide bonds. The monoisotopic (exact) mass is 490 g/mol. The number of carbonyl (C=O) groups excluding carboxylic acids is 3. The van der Waals surface area contributed by atoms with Crippen molar-refractivity contribution in [1.29, 1.82) is 0 Å². The lowest BCUT2D eigenvalue weighted by Crippen LogP contribution is -2.43. The summed E-state index contributed by atoms with van der Waals surface area (Å²) in [6, 6.07) is 24.1. The highest BCUT2D eigenvalue weighted by molar-refractivity contribution is 5.91. The van der Waals surface area contributed by atoms with Crippen molar-refractivity contribution in [1.82, 2.24) is 0 Å². The van der Waals surface area contributed by atoms with E-state index in [1.807, 2.05) is 0 Å². The summed E-state index contributed by atoms with van der Waals surface area (Å²) in [5.41, 5.74) is 0.647. The van der Waals surface area contributed by atoms with E-state index in [-0.39, 0.29) is 16.7 Å². The second-order valence-corrected chi connectivity index (χ2v) is 7.87. The molecule has 0 aliphatic carbocycles. The number of rotatable bonds is 8. The largest absolute Gasteiger partial charge is 0.479 e. The number of aliphatic carboxylic acids is 1. The molecule has 2 unspecified atom stereocenters. The van der Waals surface area contributed by atoms with Crippen LogP contribution >= 0.6 is 0 Å². The Balaban J connectivity index is 1.58. The van der Waals surface area contributed by atoms with Crippen LogP contribution in [0.4, 0.5) is 0 Å². The fourth-order valence-corrected chi connectivity index (χ4v) is 3.68. The minimum Gasteiger partial charge on any atom is -0.479 e. The second kappa shape index (κ2) is 11.3. The number of carbonyl (C=O) groups is 4. The molecule has 1 aliphatic rings. The Morgan fingerprint density at radius 2 is 1.06 bits per heavy atom. The third-order valence-corrected chi connectivity index (χ3v) is 5.45. The van der Waals surface area contributed by atoms with Crippen molar-refractivity contribution in [2.75, 3.05) is 6.61 Å². The number of carboxylic acid groups (broad SMARTS) is 1. The van der Waals surface area contributed by atoms with Gasteiger partial charge in [-0.25, -0.2) is 19.2 Å². The van der Waals surface area contributed by atoms with Crippen molar-refractivity contribution >= 4 is 23.9 Å². The molecule has 0 radical (unpaired) electrons. The third-order valence-electron chi connectivity index (χ3n) is 5.45. The van der Waals surface area contributed by atoms with E-state index < -0.39 is 54.9 Å². The first-order valence-corrected chi connectivity index (χ1v) is 11.1. The average Bonchev–Trinajstić information content (AvgIpc) is 3.25. The molecule has 9 heteroatoms. The van der Waals surface area contributed by atoms with Crippen LogP contribution in [0.15, 0.2) is 91.0 Å². The van der Waals surface area contributed by atoms with Gasteiger partial charge < -0.3 is 24.1 Å². The van der Waals surface area contributed by atoms with E-state index in [0.29, 0.717) is 0 Å². The minimum atomic E-state index is -1.66. The van der Waals surface area contributed by atoms with E-state index in [4.69, 9.17) is 18.9 Å². The molecule has 1 aliphatic heterocycles. The van der Waals surface area contributed by atoms with Crippen molar-refractivity contribution in [3.63, 3.8) is 0 Å². The molecule has 3 aromatic rings. The molecule has 1 fully saturated rings. The van der Waals surface area contributed by atoms with Crippen molar-refractivity contribution in [3.8, 4) is 0 Å². The Kier molecular flexibility index (Phi) is 7.72. The van der Waals surface area contributed by atoms with E-state index >= 15 is 0 Å². The molecular weight excluding hydrogens is 468 g/mol.